The number of benzene rings is 1. The Bertz CT molecular complexity index is 980. The molecule has 1 aromatic carbocycles. The Balaban J connectivity index is 2.46. The van der Waals surface area contributed by atoms with E-state index in [-0.39, 0.29) is 16.4 Å². The molecular weight excluding hydrogens is 322 g/mol. The minimum absolute atomic E-state index is 0.164. The maximum Gasteiger partial charge on any atom is 0.160 e. The van der Waals surface area contributed by atoms with Gasteiger partial charge in [0.1, 0.15) is 23.4 Å². The van der Waals surface area contributed by atoms with Crippen molar-refractivity contribution in [2.24, 2.45) is 4.36 Å². The molecule has 0 aliphatic carbocycles. The highest BCUT2D eigenvalue weighted by Crippen LogP contribution is 2.37. The van der Waals surface area contributed by atoms with E-state index in [1.165, 1.54) is 6.33 Å². The molecule has 3 N–H and O–H groups in total. The number of aromatic hydroxyl groups is 1. The van der Waals surface area contributed by atoms with Crippen LogP contribution in [0.1, 0.15) is 11.1 Å². The van der Waals surface area contributed by atoms with Crippen LogP contribution in [0, 0.1) is 13.8 Å². The lowest BCUT2D eigenvalue weighted by atomic mass is 9.97. The third-order valence-corrected chi connectivity index (χ3v) is 4.35. The summed E-state index contributed by atoms with van der Waals surface area (Å²) in [5.41, 5.74) is 9.97. The van der Waals surface area contributed by atoms with Gasteiger partial charge in [-0.3, -0.25) is 0 Å². The van der Waals surface area contributed by atoms with Gasteiger partial charge in [0.05, 0.1) is 5.69 Å². The predicted octanol–water partition coefficient (Wildman–Crippen LogP) is 3.29. The van der Waals surface area contributed by atoms with Gasteiger partial charge in [0.15, 0.2) is 5.82 Å². The summed E-state index contributed by atoms with van der Waals surface area (Å²) in [4.78, 5) is 13.1. The number of rotatable bonds is 2. The van der Waals surface area contributed by atoms with Crippen molar-refractivity contribution in [1.82, 2.24) is 15.0 Å². The zero-order valence-electron chi connectivity index (χ0n) is 14.0. The molecule has 3 aromatic rings. The number of anilines is 1. The number of phenols is 1. The Kier molecular flexibility index (Phi) is 4.19. The number of nitrogens with two attached hydrogens (primary N) is 1. The first-order chi connectivity index (χ1) is 11.4. The van der Waals surface area contributed by atoms with Crippen LogP contribution in [-0.4, -0.2) is 32.6 Å². The van der Waals surface area contributed by atoms with Gasteiger partial charge in [-0.2, -0.15) is 0 Å². The first-order valence-corrected chi connectivity index (χ1v) is 9.38. The van der Waals surface area contributed by atoms with E-state index in [1.807, 2.05) is 38.5 Å². The molecular formula is C17H19N5OS. The van der Waals surface area contributed by atoms with Gasteiger partial charge in [-0.15, -0.1) is 0 Å². The van der Waals surface area contributed by atoms with E-state index in [1.54, 1.807) is 6.07 Å². The molecule has 2 aromatic heterocycles. The van der Waals surface area contributed by atoms with Crippen LogP contribution in [0.4, 0.5) is 11.6 Å². The Morgan fingerprint density at radius 1 is 1.17 bits per heavy atom. The van der Waals surface area contributed by atoms with Crippen LogP contribution in [0.25, 0.3) is 22.2 Å². The fourth-order valence-electron chi connectivity index (χ4n) is 2.68. The van der Waals surface area contributed by atoms with Gasteiger partial charge in [-0.05, 0) is 44.1 Å². The number of phenolic OH excluding ortho intramolecular Hbond substituents is 1. The largest absolute Gasteiger partial charge is 0.508 e. The first kappa shape index (κ1) is 16.3. The van der Waals surface area contributed by atoms with Crippen molar-refractivity contribution in [2.45, 2.75) is 13.8 Å². The van der Waals surface area contributed by atoms with Crippen molar-refractivity contribution in [3.63, 3.8) is 0 Å². The number of hydrogen-bond donors (Lipinski definition) is 2. The zero-order valence-corrected chi connectivity index (χ0v) is 14.8. The van der Waals surface area contributed by atoms with Crippen molar-refractivity contribution >= 4 is 33.2 Å². The van der Waals surface area contributed by atoms with Gasteiger partial charge in [-0.1, -0.05) is 16.8 Å². The fraction of sp³-hybridized carbons (Fsp3) is 0.235. The molecule has 0 aliphatic rings. The molecule has 0 saturated carbocycles. The monoisotopic (exact) mass is 341 g/mol. The molecule has 7 heteroatoms. The van der Waals surface area contributed by atoms with Crippen molar-refractivity contribution < 1.29 is 5.11 Å². The Morgan fingerprint density at radius 2 is 1.92 bits per heavy atom. The molecule has 0 aliphatic heterocycles. The van der Waals surface area contributed by atoms with Crippen LogP contribution in [-0.2, 0) is 10.7 Å². The van der Waals surface area contributed by atoms with Crippen molar-refractivity contribution in [2.75, 3.05) is 18.2 Å². The highest BCUT2D eigenvalue weighted by molar-refractivity contribution is 7.85. The van der Waals surface area contributed by atoms with E-state index >= 15 is 0 Å². The second-order valence-electron chi connectivity index (χ2n) is 5.75. The minimum Gasteiger partial charge on any atom is -0.508 e. The Morgan fingerprint density at radius 3 is 2.62 bits per heavy atom. The lowest BCUT2D eigenvalue weighted by Crippen LogP contribution is -1.99. The summed E-state index contributed by atoms with van der Waals surface area (Å²) in [5.74, 6) is 1.21. The lowest BCUT2D eigenvalue weighted by Gasteiger charge is -2.14. The lowest BCUT2D eigenvalue weighted by molar-refractivity contribution is 0.471. The molecule has 0 fully saturated rings. The first-order valence-electron chi connectivity index (χ1n) is 7.38. The molecule has 0 unspecified atom stereocenters. The molecule has 0 radical (unpaired) electrons. The van der Waals surface area contributed by atoms with E-state index in [2.05, 4.69) is 14.3 Å². The highest BCUT2D eigenvalue weighted by Gasteiger charge is 2.17. The number of hydrogen-bond acceptors (Lipinski definition) is 6. The van der Waals surface area contributed by atoms with Crippen LogP contribution in [0.15, 0.2) is 28.9 Å². The van der Waals surface area contributed by atoms with E-state index in [9.17, 15) is 5.11 Å². The zero-order chi connectivity index (χ0) is 17.4. The van der Waals surface area contributed by atoms with E-state index in [0.29, 0.717) is 28.2 Å². The van der Waals surface area contributed by atoms with Crippen LogP contribution in [0.5, 0.6) is 5.75 Å². The van der Waals surface area contributed by atoms with Gasteiger partial charge >= 0.3 is 0 Å². The smallest absolute Gasteiger partial charge is 0.160 e. The third-order valence-electron chi connectivity index (χ3n) is 3.80. The fourth-order valence-corrected chi connectivity index (χ4v) is 3.15. The number of nitrogens with zero attached hydrogens (tertiary/aromatic N) is 4. The van der Waals surface area contributed by atoms with Gasteiger partial charge in [0, 0.05) is 16.5 Å². The molecule has 0 atom stereocenters. The molecule has 2 heterocycles. The van der Waals surface area contributed by atoms with Crippen molar-refractivity contribution in [1.29, 1.82) is 0 Å². The Hall–Kier alpha value is -2.54. The average Bonchev–Trinajstić information content (AvgIpc) is 2.52. The summed E-state index contributed by atoms with van der Waals surface area (Å²) in [6, 6.07) is 5.36. The number of aryl methyl sites for hydroxylation is 1. The van der Waals surface area contributed by atoms with Crippen LogP contribution in [0.2, 0.25) is 0 Å². The van der Waals surface area contributed by atoms with E-state index in [4.69, 9.17) is 10.7 Å². The average molecular weight is 341 g/mol. The molecule has 6 nitrogen and oxygen atoms in total. The molecule has 0 spiro atoms. The summed E-state index contributed by atoms with van der Waals surface area (Å²) >= 11 is 0. The number of nitrogen functional groups attached to an aromatic ring is 1. The summed E-state index contributed by atoms with van der Waals surface area (Å²) in [6.07, 6.45) is 5.46. The standard InChI is InChI=1S/C17H19N5OS/c1-9-5-6-12(23)10(2)14(9)16-15-11(17(18)20-8-19-15)7-13(21-16)22-24(3)4/h5-8,23H,1-4H3,(H2,18,19,20). The van der Waals surface area contributed by atoms with Crippen LogP contribution < -0.4 is 5.73 Å². The number of pyridine rings is 1. The predicted molar refractivity (Wildman–Crippen MR) is 99.6 cm³/mol. The van der Waals surface area contributed by atoms with Crippen molar-refractivity contribution in [3.8, 4) is 17.0 Å². The van der Waals surface area contributed by atoms with Gasteiger partial charge in [-0.25, -0.2) is 19.3 Å². The molecule has 0 amide bonds. The molecule has 24 heavy (non-hydrogen) atoms. The summed E-state index contributed by atoms with van der Waals surface area (Å²) in [5, 5.41) is 10.8. The highest BCUT2D eigenvalue weighted by atomic mass is 32.2. The minimum atomic E-state index is -0.164. The number of aromatic nitrogens is 3. The van der Waals surface area contributed by atoms with E-state index in [0.717, 1.165) is 16.7 Å². The van der Waals surface area contributed by atoms with Crippen molar-refractivity contribution in [3.05, 3.63) is 35.7 Å². The van der Waals surface area contributed by atoms with Gasteiger partial charge < -0.3 is 10.8 Å². The van der Waals surface area contributed by atoms with Crippen LogP contribution >= 0.6 is 0 Å². The second-order valence-corrected chi connectivity index (χ2v) is 7.48. The summed E-state index contributed by atoms with van der Waals surface area (Å²) in [6.45, 7) is 3.84. The Labute approximate surface area is 142 Å². The number of fused-ring (bicyclic) bond motifs is 1. The topological polar surface area (TPSA) is 97.3 Å². The SMILES string of the molecule is Cc1ccc(O)c(C)c1-c1nc(N=S(C)C)cc2c(N)ncnc12. The van der Waals surface area contributed by atoms with Crippen LogP contribution in [0.3, 0.4) is 0 Å². The van der Waals surface area contributed by atoms with Gasteiger partial charge in [0.2, 0.25) is 0 Å². The van der Waals surface area contributed by atoms with E-state index < -0.39 is 0 Å². The molecule has 3 rings (SSSR count). The maximum atomic E-state index is 10.1. The molecule has 0 saturated heterocycles. The summed E-state index contributed by atoms with van der Waals surface area (Å²) in [7, 11) is -0.164. The molecule has 124 valence electrons. The molecule has 0 bridgehead atoms. The second kappa shape index (κ2) is 6.16. The quantitative estimate of drug-likeness (QED) is 0.745. The maximum absolute atomic E-state index is 10.1. The normalized spacial score (nSPS) is 11.2. The summed E-state index contributed by atoms with van der Waals surface area (Å²) < 4.78 is 4.56. The third kappa shape index (κ3) is 2.82. The van der Waals surface area contributed by atoms with Gasteiger partial charge in [0.25, 0.3) is 0 Å².